The SMILES string of the molecule is COC(=O)c1ccc(Cc2cc3c(cc2C)[Si](C)(C)CC[Si]3(C)C)o1. The number of hydrogen-bond donors (Lipinski definition) is 0. The Kier molecular flexibility index (Phi) is 4.58. The molecule has 134 valence electrons. The highest BCUT2D eigenvalue weighted by molar-refractivity contribution is 7.03. The summed E-state index contributed by atoms with van der Waals surface area (Å²) in [5.41, 5.74) is 2.65. The van der Waals surface area contributed by atoms with Gasteiger partial charge in [0.25, 0.3) is 0 Å². The molecule has 2 heterocycles. The van der Waals surface area contributed by atoms with Crippen LogP contribution in [0.3, 0.4) is 0 Å². The molecule has 0 spiro atoms. The van der Waals surface area contributed by atoms with E-state index in [0.29, 0.717) is 0 Å². The Morgan fingerprint density at radius 2 is 1.68 bits per heavy atom. The summed E-state index contributed by atoms with van der Waals surface area (Å²) in [5, 5.41) is 3.32. The highest BCUT2D eigenvalue weighted by Crippen LogP contribution is 2.27. The van der Waals surface area contributed by atoms with Crippen LogP contribution in [0, 0.1) is 6.92 Å². The zero-order valence-corrected chi connectivity index (χ0v) is 18.2. The maximum Gasteiger partial charge on any atom is 0.373 e. The summed E-state index contributed by atoms with van der Waals surface area (Å²) in [5.74, 6) is 0.668. The predicted octanol–water partition coefficient (Wildman–Crippen LogP) is 3.81. The van der Waals surface area contributed by atoms with Crippen molar-refractivity contribution in [1.29, 1.82) is 0 Å². The van der Waals surface area contributed by atoms with Crippen molar-refractivity contribution in [3.05, 3.63) is 46.9 Å². The van der Waals surface area contributed by atoms with Crippen LogP contribution in [0.4, 0.5) is 0 Å². The Hall–Kier alpha value is -1.60. The van der Waals surface area contributed by atoms with E-state index in [-0.39, 0.29) is 5.76 Å². The second-order valence-corrected chi connectivity index (χ2v) is 18.1. The van der Waals surface area contributed by atoms with Gasteiger partial charge in [-0.1, -0.05) is 60.8 Å². The molecule has 0 amide bonds. The fourth-order valence-corrected chi connectivity index (χ4v) is 14.2. The molecular formula is C20H28O3Si2. The van der Waals surface area contributed by atoms with E-state index in [1.54, 1.807) is 16.4 Å². The molecule has 1 aromatic heterocycles. The van der Waals surface area contributed by atoms with Gasteiger partial charge in [-0.25, -0.2) is 4.79 Å². The van der Waals surface area contributed by atoms with Crippen molar-refractivity contribution in [3.63, 3.8) is 0 Å². The highest BCUT2D eigenvalue weighted by Gasteiger charge is 2.39. The Labute approximate surface area is 152 Å². The van der Waals surface area contributed by atoms with E-state index in [1.807, 2.05) is 6.07 Å². The second kappa shape index (κ2) is 6.29. The van der Waals surface area contributed by atoms with Crippen molar-refractivity contribution in [2.75, 3.05) is 7.11 Å². The van der Waals surface area contributed by atoms with Gasteiger partial charge in [0.2, 0.25) is 5.76 Å². The lowest BCUT2D eigenvalue weighted by atomic mass is 10.0. The van der Waals surface area contributed by atoms with Crippen LogP contribution >= 0.6 is 0 Å². The van der Waals surface area contributed by atoms with E-state index >= 15 is 0 Å². The fraction of sp³-hybridized carbons (Fsp3) is 0.450. The quantitative estimate of drug-likeness (QED) is 0.607. The molecule has 0 saturated heterocycles. The normalized spacial score (nSPS) is 17.8. The van der Waals surface area contributed by atoms with E-state index in [2.05, 4.69) is 45.2 Å². The lowest BCUT2D eigenvalue weighted by Crippen LogP contribution is -2.63. The van der Waals surface area contributed by atoms with Gasteiger partial charge in [0.1, 0.15) is 5.76 Å². The molecule has 2 aromatic rings. The van der Waals surface area contributed by atoms with Gasteiger partial charge < -0.3 is 9.15 Å². The molecule has 0 atom stereocenters. The van der Waals surface area contributed by atoms with Crippen LogP contribution in [-0.4, -0.2) is 29.2 Å². The summed E-state index contributed by atoms with van der Waals surface area (Å²) in [6.45, 7) is 12.2. The molecule has 0 aliphatic carbocycles. The van der Waals surface area contributed by atoms with Crippen LogP contribution in [-0.2, 0) is 11.2 Å². The molecule has 0 saturated carbocycles. The third-order valence-electron chi connectivity index (χ3n) is 5.72. The van der Waals surface area contributed by atoms with Crippen LogP contribution < -0.4 is 10.4 Å². The number of aryl methyl sites for hydroxylation is 1. The smallest absolute Gasteiger partial charge is 0.373 e. The number of rotatable bonds is 3. The summed E-state index contributed by atoms with van der Waals surface area (Å²) >= 11 is 0. The number of furan rings is 1. The molecule has 3 nitrogen and oxygen atoms in total. The number of carbonyl (C=O) groups is 1. The van der Waals surface area contributed by atoms with Crippen molar-refractivity contribution in [2.45, 2.75) is 51.6 Å². The molecule has 0 radical (unpaired) electrons. The molecule has 1 aliphatic rings. The van der Waals surface area contributed by atoms with E-state index in [1.165, 1.54) is 30.3 Å². The highest BCUT2D eigenvalue weighted by atomic mass is 28.3. The van der Waals surface area contributed by atoms with Crippen molar-refractivity contribution in [3.8, 4) is 0 Å². The number of hydrogen-bond acceptors (Lipinski definition) is 3. The minimum atomic E-state index is -1.36. The van der Waals surface area contributed by atoms with Gasteiger partial charge >= 0.3 is 5.97 Å². The van der Waals surface area contributed by atoms with Gasteiger partial charge in [-0.15, -0.1) is 0 Å². The Morgan fingerprint density at radius 1 is 1.08 bits per heavy atom. The first kappa shape index (κ1) is 18.2. The zero-order chi connectivity index (χ0) is 18.4. The molecule has 3 rings (SSSR count). The van der Waals surface area contributed by atoms with Crippen LogP contribution in [0.1, 0.15) is 27.4 Å². The van der Waals surface area contributed by atoms with E-state index in [4.69, 9.17) is 9.15 Å². The first-order valence-corrected chi connectivity index (χ1v) is 15.4. The van der Waals surface area contributed by atoms with Crippen molar-refractivity contribution in [1.82, 2.24) is 0 Å². The maximum absolute atomic E-state index is 11.6. The minimum Gasteiger partial charge on any atom is -0.463 e. The first-order valence-electron chi connectivity index (χ1n) is 8.95. The number of esters is 1. The third-order valence-corrected chi connectivity index (χ3v) is 13.2. The van der Waals surface area contributed by atoms with Gasteiger partial charge in [0.15, 0.2) is 0 Å². The van der Waals surface area contributed by atoms with Crippen LogP contribution in [0.25, 0.3) is 0 Å². The Bertz CT molecular complexity index is 818. The lowest BCUT2D eigenvalue weighted by Gasteiger charge is -2.40. The van der Waals surface area contributed by atoms with Crippen molar-refractivity contribution >= 4 is 32.5 Å². The molecule has 1 aromatic carbocycles. The monoisotopic (exact) mass is 372 g/mol. The largest absolute Gasteiger partial charge is 0.463 e. The molecule has 0 N–H and O–H groups in total. The van der Waals surface area contributed by atoms with Crippen LogP contribution in [0.2, 0.25) is 38.3 Å². The number of methoxy groups -OCH3 is 1. The Morgan fingerprint density at radius 3 is 2.28 bits per heavy atom. The Balaban J connectivity index is 1.98. The average molecular weight is 373 g/mol. The predicted molar refractivity (Wildman–Crippen MR) is 108 cm³/mol. The topological polar surface area (TPSA) is 39.4 Å². The molecule has 0 unspecified atom stereocenters. The van der Waals surface area contributed by atoms with Gasteiger partial charge in [0.05, 0.1) is 23.3 Å². The lowest BCUT2D eigenvalue weighted by molar-refractivity contribution is 0.0563. The molecule has 1 aliphatic heterocycles. The first-order chi connectivity index (χ1) is 11.6. The third kappa shape index (κ3) is 3.40. The number of benzene rings is 1. The molecule has 25 heavy (non-hydrogen) atoms. The second-order valence-electron chi connectivity index (χ2n) is 8.53. The molecule has 5 heteroatoms. The summed E-state index contributed by atoms with van der Waals surface area (Å²) < 4.78 is 10.4. The molecule has 0 bridgehead atoms. The minimum absolute atomic E-state index is 0.274. The van der Waals surface area contributed by atoms with Gasteiger partial charge in [-0.2, -0.15) is 0 Å². The summed E-state index contributed by atoms with van der Waals surface area (Å²) in [4.78, 5) is 11.6. The fourth-order valence-electron chi connectivity index (χ4n) is 3.83. The summed E-state index contributed by atoms with van der Waals surface area (Å²) in [7, 11) is -1.30. The van der Waals surface area contributed by atoms with Crippen molar-refractivity contribution in [2.24, 2.45) is 0 Å². The number of ether oxygens (including phenoxy) is 1. The van der Waals surface area contributed by atoms with Crippen LogP contribution in [0.15, 0.2) is 28.7 Å². The van der Waals surface area contributed by atoms with Gasteiger partial charge in [0, 0.05) is 6.42 Å². The number of carbonyl (C=O) groups excluding carboxylic acids is 1. The van der Waals surface area contributed by atoms with Crippen molar-refractivity contribution < 1.29 is 13.9 Å². The molecule has 0 fully saturated rings. The standard InChI is InChI=1S/C20H28O3Si2/c1-14-11-18-19(25(5,6)10-9-24(18,3)4)13-15(14)12-16-7-8-17(23-16)20(21)22-2/h7-8,11,13H,9-10,12H2,1-6H3. The average Bonchev–Trinajstić information content (AvgIpc) is 3.01. The maximum atomic E-state index is 11.6. The molecular weight excluding hydrogens is 344 g/mol. The van der Waals surface area contributed by atoms with E-state index < -0.39 is 22.1 Å². The van der Waals surface area contributed by atoms with Crippen LogP contribution in [0.5, 0.6) is 0 Å². The number of fused-ring (bicyclic) bond motifs is 1. The zero-order valence-electron chi connectivity index (χ0n) is 16.2. The summed E-state index contributed by atoms with van der Waals surface area (Å²) in [6, 6.07) is 11.3. The van der Waals surface area contributed by atoms with Gasteiger partial charge in [-0.3, -0.25) is 0 Å². The summed E-state index contributed by atoms with van der Waals surface area (Å²) in [6.07, 6.45) is 0.725. The van der Waals surface area contributed by atoms with Gasteiger partial charge in [-0.05, 0) is 30.2 Å². The van der Waals surface area contributed by atoms with E-state index in [0.717, 1.165) is 12.2 Å². The van der Waals surface area contributed by atoms with E-state index in [9.17, 15) is 4.79 Å².